The second-order valence-corrected chi connectivity index (χ2v) is 5.45. The molecule has 2 unspecified atom stereocenters. The Kier molecular flexibility index (Phi) is 4.00. The van der Waals surface area contributed by atoms with E-state index in [1.165, 1.54) is 11.1 Å². The molecule has 1 aromatic rings. The third-order valence-electron chi connectivity index (χ3n) is 3.87. The summed E-state index contributed by atoms with van der Waals surface area (Å²) in [6, 6.07) is 8.43. The maximum atomic E-state index is 13.1. The van der Waals surface area contributed by atoms with E-state index in [1.54, 1.807) is 0 Å². The highest BCUT2D eigenvalue weighted by molar-refractivity contribution is 5.28. The minimum atomic E-state index is -2.43. The fourth-order valence-corrected chi connectivity index (χ4v) is 2.74. The monoisotopic (exact) mass is 253 g/mol. The summed E-state index contributed by atoms with van der Waals surface area (Å²) in [4.78, 5) is 0. The maximum absolute atomic E-state index is 13.1. The Balaban J connectivity index is 1.86. The largest absolute Gasteiger partial charge is 0.310 e. The number of benzene rings is 1. The van der Waals surface area contributed by atoms with Gasteiger partial charge < -0.3 is 5.32 Å². The van der Waals surface area contributed by atoms with Crippen molar-refractivity contribution in [2.75, 3.05) is 6.54 Å². The quantitative estimate of drug-likeness (QED) is 0.852. The van der Waals surface area contributed by atoms with Gasteiger partial charge in [-0.2, -0.15) is 0 Å². The molecule has 1 aliphatic carbocycles. The summed E-state index contributed by atoms with van der Waals surface area (Å²) in [7, 11) is 0. The van der Waals surface area contributed by atoms with E-state index in [0.717, 1.165) is 0 Å². The lowest BCUT2D eigenvalue weighted by molar-refractivity contribution is 0.00500. The van der Waals surface area contributed by atoms with Crippen molar-refractivity contribution in [1.29, 1.82) is 0 Å². The van der Waals surface area contributed by atoms with Gasteiger partial charge in [0.15, 0.2) is 0 Å². The Morgan fingerprint density at radius 1 is 1.39 bits per heavy atom. The zero-order chi connectivity index (χ0) is 13.2. The maximum Gasteiger partial charge on any atom is 0.248 e. The Morgan fingerprint density at radius 2 is 2.11 bits per heavy atom. The van der Waals surface area contributed by atoms with Crippen LogP contribution in [0.3, 0.4) is 0 Å². The van der Waals surface area contributed by atoms with Crippen molar-refractivity contribution in [3.8, 4) is 0 Å². The van der Waals surface area contributed by atoms with Gasteiger partial charge in [-0.1, -0.05) is 24.3 Å². The summed E-state index contributed by atoms with van der Waals surface area (Å²) in [5, 5.41) is 3.39. The molecule has 0 spiro atoms. The minimum absolute atomic E-state index is 0.0422. The lowest BCUT2D eigenvalue weighted by Gasteiger charge is -2.19. The van der Waals surface area contributed by atoms with Crippen LogP contribution in [0.25, 0.3) is 0 Å². The highest BCUT2D eigenvalue weighted by Gasteiger charge is 2.39. The standard InChI is InChI=1S/C15H21F2N/c1-11-5-3-4-6-14(11)12(2)18-10-13-7-8-15(16,17)9-13/h3-6,12-13,18H,7-10H2,1-2H3. The molecule has 0 heterocycles. The van der Waals surface area contributed by atoms with Crippen molar-refractivity contribution in [3.05, 3.63) is 35.4 Å². The predicted molar refractivity (Wildman–Crippen MR) is 69.9 cm³/mol. The zero-order valence-electron chi connectivity index (χ0n) is 11.0. The number of alkyl halides is 2. The van der Waals surface area contributed by atoms with Gasteiger partial charge in [-0.3, -0.25) is 0 Å². The molecule has 0 radical (unpaired) electrons. The molecule has 1 nitrogen and oxygen atoms in total. The molecule has 1 aliphatic rings. The van der Waals surface area contributed by atoms with E-state index in [1.807, 2.05) is 12.1 Å². The molecule has 100 valence electrons. The van der Waals surface area contributed by atoms with E-state index < -0.39 is 5.92 Å². The molecular weight excluding hydrogens is 232 g/mol. The third-order valence-corrected chi connectivity index (χ3v) is 3.87. The van der Waals surface area contributed by atoms with Crippen LogP contribution in [-0.4, -0.2) is 12.5 Å². The number of rotatable bonds is 4. The van der Waals surface area contributed by atoms with Gasteiger partial charge in [0.05, 0.1) is 0 Å². The van der Waals surface area contributed by atoms with Crippen molar-refractivity contribution in [2.45, 2.75) is 45.1 Å². The molecule has 1 fully saturated rings. The number of aryl methyl sites for hydroxylation is 1. The molecule has 0 aromatic heterocycles. The number of nitrogens with one attached hydrogen (secondary N) is 1. The van der Waals surface area contributed by atoms with Crippen molar-refractivity contribution in [3.63, 3.8) is 0 Å². The van der Waals surface area contributed by atoms with Gasteiger partial charge in [-0.25, -0.2) is 8.78 Å². The summed E-state index contributed by atoms with van der Waals surface area (Å²) in [5.41, 5.74) is 2.50. The van der Waals surface area contributed by atoms with Crippen molar-refractivity contribution in [1.82, 2.24) is 5.32 Å². The fourth-order valence-electron chi connectivity index (χ4n) is 2.74. The first kappa shape index (κ1) is 13.5. The molecule has 0 aliphatic heterocycles. The highest BCUT2D eigenvalue weighted by Crippen LogP contribution is 2.38. The third kappa shape index (κ3) is 3.29. The molecule has 2 rings (SSSR count). The lowest BCUT2D eigenvalue weighted by atomic mass is 10.0. The first-order valence-corrected chi connectivity index (χ1v) is 6.65. The first-order valence-electron chi connectivity index (χ1n) is 6.65. The fraction of sp³-hybridized carbons (Fsp3) is 0.600. The van der Waals surface area contributed by atoms with Crippen molar-refractivity contribution >= 4 is 0 Å². The van der Waals surface area contributed by atoms with Crippen molar-refractivity contribution in [2.24, 2.45) is 5.92 Å². The zero-order valence-corrected chi connectivity index (χ0v) is 11.0. The Hall–Kier alpha value is -0.960. The molecule has 3 heteroatoms. The van der Waals surface area contributed by atoms with Crippen LogP contribution in [0, 0.1) is 12.8 Å². The number of halogens is 2. The van der Waals surface area contributed by atoms with E-state index in [0.29, 0.717) is 13.0 Å². The Morgan fingerprint density at radius 3 is 2.72 bits per heavy atom. The molecule has 2 atom stereocenters. The molecular formula is C15H21F2N. The molecule has 0 saturated heterocycles. The molecule has 0 bridgehead atoms. The van der Waals surface area contributed by atoms with Crippen LogP contribution in [0.4, 0.5) is 8.78 Å². The summed E-state index contributed by atoms with van der Waals surface area (Å²) in [6.45, 7) is 4.86. The van der Waals surface area contributed by atoms with Gasteiger partial charge in [0.25, 0.3) is 0 Å². The molecule has 1 saturated carbocycles. The van der Waals surface area contributed by atoms with E-state index >= 15 is 0 Å². The second-order valence-electron chi connectivity index (χ2n) is 5.45. The molecule has 1 aromatic carbocycles. The second kappa shape index (κ2) is 5.35. The van der Waals surface area contributed by atoms with Crippen LogP contribution in [0.1, 0.15) is 43.4 Å². The molecule has 18 heavy (non-hydrogen) atoms. The van der Waals surface area contributed by atoms with E-state index in [4.69, 9.17) is 0 Å². The topological polar surface area (TPSA) is 12.0 Å². The summed E-state index contributed by atoms with van der Waals surface area (Å²) in [6.07, 6.45) is 0.735. The van der Waals surface area contributed by atoms with Gasteiger partial charge in [0.1, 0.15) is 0 Å². The van der Waals surface area contributed by atoms with Crippen LogP contribution in [0.5, 0.6) is 0 Å². The van der Waals surface area contributed by atoms with E-state index in [-0.39, 0.29) is 24.8 Å². The smallest absolute Gasteiger partial charge is 0.248 e. The normalized spacial score (nSPS) is 24.1. The van der Waals surface area contributed by atoms with Crippen LogP contribution in [0.15, 0.2) is 24.3 Å². The van der Waals surface area contributed by atoms with Gasteiger partial charge >= 0.3 is 0 Å². The van der Waals surface area contributed by atoms with Crippen molar-refractivity contribution < 1.29 is 8.78 Å². The van der Waals surface area contributed by atoms with Gasteiger partial charge in [-0.05, 0) is 43.9 Å². The lowest BCUT2D eigenvalue weighted by Crippen LogP contribution is -2.26. The highest BCUT2D eigenvalue weighted by atomic mass is 19.3. The molecule has 0 amide bonds. The molecule has 1 N–H and O–H groups in total. The van der Waals surface area contributed by atoms with E-state index in [9.17, 15) is 8.78 Å². The van der Waals surface area contributed by atoms with E-state index in [2.05, 4.69) is 31.3 Å². The van der Waals surface area contributed by atoms with Crippen LogP contribution in [-0.2, 0) is 0 Å². The Bertz CT molecular complexity index is 403. The summed E-state index contributed by atoms with van der Waals surface area (Å²) in [5.74, 6) is -2.32. The van der Waals surface area contributed by atoms with Crippen LogP contribution < -0.4 is 5.32 Å². The number of hydrogen-bond donors (Lipinski definition) is 1. The Labute approximate surface area is 108 Å². The SMILES string of the molecule is Cc1ccccc1C(C)NCC1CCC(F)(F)C1. The summed E-state index contributed by atoms with van der Waals surface area (Å²) < 4.78 is 26.2. The van der Waals surface area contributed by atoms with Gasteiger partial charge in [-0.15, -0.1) is 0 Å². The average Bonchev–Trinajstić information content (AvgIpc) is 2.66. The van der Waals surface area contributed by atoms with Gasteiger partial charge in [0, 0.05) is 18.9 Å². The summed E-state index contributed by atoms with van der Waals surface area (Å²) >= 11 is 0. The predicted octanol–water partition coefficient (Wildman–Crippen LogP) is 4.08. The van der Waals surface area contributed by atoms with Crippen LogP contribution in [0.2, 0.25) is 0 Å². The first-order chi connectivity index (χ1) is 8.48. The average molecular weight is 253 g/mol. The van der Waals surface area contributed by atoms with Crippen LogP contribution >= 0.6 is 0 Å². The number of hydrogen-bond acceptors (Lipinski definition) is 1. The minimum Gasteiger partial charge on any atom is -0.310 e. The van der Waals surface area contributed by atoms with Gasteiger partial charge in [0.2, 0.25) is 5.92 Å².